The summed E-state index contributed by atoms with van der Waals surface area (Å²) in [4.78, 5) is 0. The first kappa shape index (κ1) is 11.4. The van der Waals surface area contributed by atoms with Gasteiger partial charge in [0, 0.05) is 0 Å². The van der Waals surface area contributed by atoms with E-state index in [2.05, 4.69) is 0 Å². The van der Waals surface area contributed by atoms with Gasteiger partial charge in [-0.05, 0) is 23.8 Å². The number of aliphatic hydroxyl groups is 2. The van der Waals surface area contributed by atoms with E-state index in [-0.39, 0.29) is 17.2 Å². The summed E-state index contributed by atoms with van der Waals surface area (Å²) >= 11 is 0. The first-order valence-corrected chi connectivity index (χ1v) is 4.19. The number of phenols is 2. The summed E-state index contributed by atoms with van der Waals surface area (Å²) in [5, 5.41) is 35.8. The summed E-state index contributed by atoms with van der Waals surface area (Å²) in [6, 6.07) is 2.73. The predicted molar refractivity (Wildman–Crippen MR) is 53.6 cm³/mol. The molecule has 0 aliphatic carbocycles. The number of rotatable bonds is 3. The molecule has 0 aliphatic heterocycles. The van der Waals surface area contributed by atoms with Gasteiger partial charge in [0.2, 0.25) is 5.75 Å². The van der Waals surface area contributed by atoms with Crippen LogP contribution in [0.1, 0.15) is 5.56 Å². The van der Waals surface area contributed by atoms with Gasteiger partial charge >= 0.3 is 0 Å². The Hall–Kier alpha value is -1.72. The van der Waals surface area contributed by atoms with E-state index >= 15 is 0 Å². The molecule has 0 saturated carbocycles. The summed E-state index contributed by atoms with van der Waals surface area (Å²) in [6.07, 6.45) is 0.935. The van der Waals surface area contributed by atoms with Gasteiger partial charge < -0.3 is 25.2 Å². The first-order valence-electron chi connectivity index (χ1n) is 4.19. The summed E-state index contributed by atoms with van der Waals surface area (Å²) in [5.41, 5.74) is 0.482. The summed E-state index contributed by atoms with van der Waals surface area (Å²) < 4.78 is 4.80. The second-order valence-corrected chi connectivity index (χ2v) is 2.86. The zero-order valence-electron chi connectivity index (χ0n) is 8.08. The monoisotopic (exact) mass is 212 g/mol. The molecule has 82 valence electrons. The number of hydrogen-bond donors (Lipinski definition) is 4. The third kappa shape index (κ3) is 2.87. The third-order valence-electron chi connectivity index (χ3n) is 1.76. The van der Waals surface area contributed by atoms with Crippen LogP contribution in [0.25, 0.3) is 6.08 Å². The van der Waals surface area contributed by atoms with Crippen molar-refractivity contribution in [3.63, 3.8) is 0 Å². The van der Waals surface area contributed by atoms with Crippen LogP contribution in [0, 0.1) is 0 Å². The molecule has 1 aromatic carbocycles. The molecule has 0 spiro atoms. The van der Waals surface area contributed by atoms with Crippen molar-refractivity contribution in [3.05, 3.63) is 23.8 Å². The summed E-state index contributed by atoms with van der Waals surface area (Å²) in [5.74, 6) is -0.567. The van der Waals surface area contributed by atoms with E-state index in [9.17, 15) is 10.2 Å². The molecule has 0 saturated heterocycles. The molecule has 0 heterocycles. The van der Waals surface area contributed by atoms with Crippen LogP contribution in [0.4, 0.5) is 0 Å². The predicted octanol–water partition coefficient (Wildman–Crippen LogP) is 0.430. The highest BCUT2D eigenvalue weighted by molar-refractivity contribution is 5.61. The zero-order chi connectivity index (χ0) is 11.4. The third-order valence-corrected chi connectivity index (χ3v) is 1.76. The maximum atomic E-state index is 9.30. The average molecular weight is 212 g/mol. The van der Waals surface area contributed by atoms with Gasteiger partial charge in [0.1, 0.15) is 0 Å². The van der Waals surface area contributed by atoms with Crippen LogP contribution < -0.4 is 4.74 Å². The lowest BCUT2D eigenvalue weighted by atomic mass is 10.1. The van der Waals surface area contributed by atoms with Crippen LogP contribution in [0.3, 0.4) is 0 Å². The minimum atomic E-state index is -1.56. The fourth-order valence-electron chi connectivity index (χ4n) is 1.06. The molecule has 0 amide bonds. The Morgan fingerprint density at radius 2 is 1.93 bits per heavy atom. The van der Waals surface area contributed by atoms with E-state index in [0.29, 0.717) is 5.56 Å². The van der Waals surface area contributed by atoms with Crippen molar-refractivity contribution >= 4 is 6.08 Å². The molecule has 1 aromatic rings. The number of ether oxygens (including phenoxy) is 1. The minimum absolute atomic E-state index is 0.113. The molecule has 0 unspecified atom stereocenters. The molecule has 5 heteroatoms. The fraction of sp³-hybridized carbons (Fsp3) is 0.200. The van der Waals surface area contributed by atoms with Crippen LogP contribution in [-0.4, -0.2) is 33.8 Å². The molecule has 15 heavy (non-hydrogen) atoms. The Labute approximate surface area is 86.5 Å². The molecule has 4 N–H and O–H groups in total. The van der Waals surface area contributed by atoms with E-state index < -0.39 is 6.29 Å². The lowest BCUT2D eigenvalue weighted by Gasteiger charge is -2.06. The van der Waals surface area contributed by atoms with Crippen molar-refractivity contribution in [2.75, 3.05) is 7.11 Å². The molecule has 1 rings (SSSR count). The van der Waals surface area contributed by atoms with Crippen LogP contribution in [-0.2, 0) is 0 Å². The molecule has 5 nitrogen and oxygen atoms in total. The highest BCUT2D eigenvalue weighted by atomic mass is 16.5. The van der Waals surface area contributed by atoms with Crippen LogP contribution >= 0.6 is 0 Å². The number of hydrogen-bond acceptors (Lipinski definition) is 5. The lowest BCUT2D eigenvalue weighted by molar-refractivity contribution is 0.00303. The van der Waals surface area contributed by atoms with Gasteiger partial charge in [-0.1, -0.05) is 6.08 Å². The zero-order valence-corrected chi connectivity index (χ0v) is 8.08. The molecule has 0 aliphatic rings. The molecule has 0 radical (unpaired) electrons. The second-order valence-electron chi connectivity index (χ2n) is 2.86. The second kappa shape index (κ2) is 4.68. The largest absolute Gasteiger partial charge is 0.504 e. The average Bonchev–Trinajstić information content (AvgIpc) is 2.19. The van der Waals surface area contributed by atoms with E-state index in [1.165, 1.54) is 25.3 Å². The van der Waals surface area contributed by atoms with Crippen molar-refractivity contribution in [2.24, 2.45) is 0 Å². The number of phenolic OH excluding ortho intramolecular Hbond substituents is 2. The van der Waals surface area contributed by atoms with Crippen LogP contribution in [0.5, 0.6) is 17.2 Å². The minimum Gasteiger partial charge on any atom is -0.504 e. The normalized spacial score (nSPS) is 11.2. The quantitative estimate of drug-likeness (QED) is 0.431. The molecule has 0 bridgehead atoms. The Balaban J connectivity index is 3.06. The Morgan fingerprint density at radius 1 is 1.27 bits per heavy atom. The first-order chi connectivity index (χ1) is 7.04. The van der Waals surface area contributed by atoms with E-state index in [4.69, 9.17) is 14.9 Å². The summed E-state index contributed by atoms with van der Waals surface area (Å²) in [6.45, 7) is 0. The molecule has 0 aromatic heterocycles. The standard InChI is InChI=1S/C10H12O5/c1-15-8-5-6(2-3-9(12)13)4-7(11)10(8)14/h2-5,9,11-14H,1H3/b3-2+. The van der Waals surface area contributed by atoms with Gasteiger partial charge in [0.15, 0.2) is 17.8 Å². The lowest BCUT2D eigenvalue weighted by Crippen LogP contribution is -1.97. The molecular formula is C10H12O5. The van der Waals surface area contributed by atoms with Gasteiger partial charge in [0.25, 0.3) is 0 Å². The van der Waals surface area contributed by atoms with E-state index in [1.807, 2.05) is 0 Å². The van der Waals surface area contributed by atoms with Gasteiger partial charge in [-0.3, -0.25) is 0 Å². The van der Waals surface area contributed by atoms with Gasteiger partial charge in [-0.25, -0.2) is 0 Å². The highest BCUT2D eigenvalue weighted by Crippen LogP contribution is 2.36. The fourth-order valence-corrected chi connectivity index (χ4v) is 1.06. The Kier molecular flexibility index (Phi) is 3.54. The van der Waals surface area contributed by atoms with Crippen molar-refractivity contribution in [1.82, 2.24) is 0 Å². The van der Waals surface area contributed by atoms with Crippen molar-refractivity contribution in [2.45, 2.75) is 6.29 Å². The summed E-state index contributed by atoms with van der Waals surface area (Å²) in [7, 11) is 1.35. The maximum absolute atomic E-state index is 9.30. The van der Waals surface area contributed by atoms with Crippen molar-refractivity contribution in [1.29, 1.82) is 0 Å². The Bertz CT molecular complexity index is 370. The van der Waals surface area contributed by atoms with Crippen molar-refractivity contribution < 1.29 is 25.2 Å². The van der Waals surface area contributed by atoms with Gasteiger partial charge in [0.05, 0.1) is 7.11 Å². The van der Waals surface area contributed by atoms with Gasteiger partial charge in [-0.15, -0.1) is 0 Å². The SMILES string of the molecule is COc1cc(/C=C/C(O)O)cc(O)c1O. The number of aromatic hydroxyl groups is 2. The smallest absolute Gasteiger partial charge is 0.200 e. The number of benzene rings is 1. The maximum Gasteiger partial charge on any atom is 0.200 e. The van der Waals surface area contributed by atoms with Gasteiger partial charge in [-0.2, -0.15) is 0 Å². The number of methoxy groups -OCH3 is 1. The molecular weight excluding hydrogens is 200 g/mol. The van der Waals surface area contributed by atoms with E-state index in [0.717, 1.165) is 6.08 Å². The van der Waals surface area contributed by atoms with Crippen LogP contribution in [0.2, 0.25) is 0 Å². The van der Waals surface area contributed by atoms with Crippen LogP contribution in [0.15, 0.2) is 18.2 Å². The number of aliphatic hydroxyl groups excluding tert-OH is 1. The molecule has 0 fully saturated rings. The Morgan fingerprint density at radius 3 is 2.47 bits per heavy atom. The van der Waals surface area contributed by atoms with E-state index in [1.54, 1.807) is 0 Å². The molecule has 0 atom stereocenters. The van der Waals surface area contributed by atoms with Crippen molar-refractivity contribution in [3.8, 4) is 17.2 Å². The topological polar surface area (TPSA) is 90.2 Å². The highest BCUT2D eigenvalue weighted by Gasteiger charge is 2.08.